The molecule has 0 bridgehead atoms. The molecule has 0 aliphatic carbocycles. The molecule has 0 radical (unpaired) electrons. The van der Waals surface area contributed by atoms with Gasteiger partial charge in [0.25, 0.3) is 0 Å². The molecule has 0 fully saturated rings. The fourth-order valence-corrected chi connectivity index (χ4v) is 1.64. The molecule has 0 aliphatic rings. The average Bonchev–Trinajstić information content (AvgIpc) is 2.56. The SMILES string of the molecule is Cc1c(C(=O)CO)[nH]c2ccccc12. The summed E-state index contributed by atoms with van der Waals surface area (Å²) in [5.41, 5.74) is 2.34. The number of aromatic amines is 1. The van der Waals surface area contributed by atoms with E-state index in [9.17, 15) is 4.79 Å². The van der Waals surface area contributed by atoms with Crippen LogP contribution >= 0.6 is 0 Å². The summed E-state index contributed by atoms with van der Waals surface area (Å²) >= 11 is 0. The molecule has 72 valence electrons. The lowest BCUT2D eigenvalue weighted by atomic mass is 10.1. The number of aromatic nitrogens is 1. The number of fused-ring (bicyclic) bond motifs is 1. The maximum absolute atomic E-state index is 11.3. The minimum Gasteiger partial charge on any atom is -0.388 e. The fourth-order valence-electron chi connectivity index (χ4n) is 1.64. The first-order valence-corrected chi connectivity index (χ1v) is 4.45. The van der Waals surface area contributed by atoms with Crippen LogP contribution in [0, 0.1) is 6.92 Å². The van der Waals surface area contributed by atoms with E-state index < -0.39 is 6.61 Å². The van der Waals surface area contributed by atoms with Crippen molar-refractivity contribution >= 4 is 16.7 Å². The molecule has 0 spiro atoms. The largest absolute Gasteiger partial charge is 0.388 e. The van der Waals surface area contributed by atoms with Crippen LogP contribution in [0.2, 0.25) is 0 Å². The van der Waals surface area contributed by atoms with Crippen LogP contribution in [0.1, 0.15) is 16.1 Å². The fraction of sp³-hybridized carbons (Fsp3) is 0.182. The van der Waals surface area contributed by atoms with Crippen LogP contribution in [-0.2, 0) is 0 Å². The molecular weight excluding hydrogens is 178 g/mol. The molecule has 2 rings (SSSR count). The van der Waals surface area contributed by atoms with E-state index in [0.29, 0.717) is 5.69 Å². The van der Waals surface area contributed by atoms with Crippen molar-refractivity contribution in [2.45, 2.75) is 6.92 Å². The standard InChI is InChI=1S/C11H11NO2/c1-7-8-4-2-3-5-9(8)12-11(7)10(14)6-13/h2-5,12-13H,6H2,1H3. The molecule has 3 nitrogen and oxygen atoms in total. The Kier molecular flexibility index (Phi) is 2.09. The molecule has 2 aromatic rings. The number of ketones is 1. The quantitative estimate of drug-likeness (QED) is 0.706. The van der Waals surface area contributed by atoms with Crippen molar-refractivity contribution in [2.75, 3.05) is 6.61 Å². The highest BCUT2D eigenvalue weighted by Gasteiger charge is 2.12. The second-order valence-corrected chi connectivity index (χ2v) is 3.25. The zero-order valence-electron chi connectivity index (χ0n) is 7.87. The predicted molar refractivity (Wildman–Crippen MR) is 54.5 cm³/mol. The second kappa shape index (κ2) is 3.27. The molecule has 0 atom stereocenters. The van der Waals surface area contributed by atoms with Gasteiger partial charge in [-0.2, -0.15) is 0 Å². The first-order chi connectivity index (χ1) is 6.74. The van der Waals surface area contributed by atoms with Gasteiger partial charge in [0.2, 0.25) is 5.78 Å². The number of carbonyl (C=O) groups is 1. The number of benzene rings is 1. The van der Waals surface area contributed by atoms with Crippen LogP contribution in [0.4, 0.5) is 0 Å². The summed E-state index contributed by atoms with van der Waals surface area (Å²) in [5.74, 6) is -0.265. The molecule has 0 aliphatic heterocycles. The number of Topliss-reactive ketones (excluding diaryl/α,β-unsaturated/α-hetero) is 1. The van der Waals surface area contributed by atoms with E-state index in [4.69, 9.17) is 5.11 Å². The lowest BCUT2D eigenvalue weighted by molar-refractivity contribution is 0.0899. The van der Waals surface area contributed by atoms with Crippen LogP contribution in [0.5, 0.6) is 0 Å². The summed E-state index contributed by atoms with van der Waals surface area (Å²) in [4.78, 5) is 14.3. The topological polar surface area (TPSA) is 53.1 Å². The lowest BCUT2D eigenvalue weighted by Gasteiger charge is -1.93. The van der Waals surface area contributed by atoms with Gasteiger partial charge in [0.1, 0.15) is 6.61 Å². The first kappa shape index (κ1) is 8.97. The van der Waals surface area contributed by atoms with Gasteiger partial charge in [0, 0.05) is 10.9 Å². The van der Waals surface area contributed by atoms with Crippen molar-refractivity contribution in [3.05, 3.63) is 35.5 Å². The molecule has 3 heteroatoms. The van der Waals surface area contributed by atoms with Crippen LogP contribution in [0.3, 0.4) is 0 Å². The number of carbonyl (C=O) groups excluding carboxylic acids is 1. The minimum absolute atomic E-state index is 0.265. The second-order valence-electron chi connectivity index (χ2n) is 3.25. The van der Waals surface area contributed by atoms with Crippen LogP contribution in [0.15, 0.2) is 24.3 Å². The van der Waals surface area contributed by atoms with E-state index >= 15 is 0 Å². The summed E-state index contributed by atoms with van der Waals surface area (Å²) in [6.45, 7) is 1.43. The third kappa shape index (κ3) is 1.22. The van der Waals surface area contributed by atoms with Gasteiger partial charge in [-0.05, 0) is 18.6 Å². The summed E-state index contributed by atoms with van der Waals surface area (Å²) < 4.78 is 0. The Balaban J connectivity index is 2.68. The molecule has 14 heavy (non-hydrogen) atoms. The first-order valence-electron chi connectivity index (χ1n) is 4.45. The van der Waals surface area contributed by atoms with Gasteiger partial charge in [-0.1, -0.05) is 18.2 Å². The smallest absolute Gasteiger partial charge is 0.204 e. The van der Waals surface area contributed by atoms with Crippen LogP contribution < -0.4 is 0 Å². The molecule has 2 N–H and O–H groups in total. The number of rotatable bonds is 2. The van der Waals surface area contributed by atoms with Crippen LogP contribution in [0.25, 0.3) is 10.9 Å². The minimum atomic E-state index is -0.451. The molecule has 0 saturated carbocycles. The highest BCUT2D eigenvalue weighted by atomic mass is 16.3. The van der Waals surface area contributed by atoms with Crippen LogP contribution in [-0.4, -0.2) is 22.5 Å². The Hall–Kier alpha value is -1.61. The van der Waals surface area contributed by atoms with Gasteiger partial charge < -0.3 is 10.1 Å². The summed E-state index contributed by atoms with van der Waals surface area (Å²) in [7, 11) is 0. The number of hydrogen-bond donors (Lipinski definition) is 2. The Morgan fingerprint density at radius 2 is 2.14 bits per heavy atom. The van der Waals surface area contributed by atoms with Crippen molar-refractivity contribution in [3.8, 4) is 0 Å². The highest BCUT2D eigenvalue weighted by Crippen LogP contribution is 2.21. The van der Waals surface area contributed by atoms with Crippen molar-refractivity contribution in [3.63, 3.8) is 0 Å². The Bertz CT molecular complexity index is 485. The van der Waals surface area contributed by atoms with E-state index in [0.717, 1.165) is 16.5 Å². The van der Waals surface area contributed by atoms with E-state index in [2.05, 4.69) is 4.98 Å². The molecule has 1 aromatic carbocycles. The monoisotopic (exact) mass is 189 g/mol. The maximum atomic E-state index is 11.3. The van der Waals surface area contributed by atoms with E-state index in [1.165, 1.54) is 0 Å². The Morgan fingerprint density at radius 3 is 2.79 bits per heavy atom. The number of aliphatic hydroxyl groups excluding tert-OH is 1. The zero-order valence-corrected chi connectivity index (χ0v) is 7.87. The molecule has 0 unspecified atom stereocenters. The van der Waals surface area contributed by atoms with Gasteiger partial charge in [0.05, 0.1) is 5.69 Å². The number of aliphatic hydroxyl groups is 1. The van der Waals surface area contributed by atoms with Gasteiger partial charge >= 0.3 is 0 Å². The molecule has 1 aromatic heterocycles. The number of para-hydroxylation sites is 1. The molecular formula is C11H11NO2. The van der Waals surface area contributed by atoms with Crippen molar-refractivity contribution in [1.29, 1.82) is 0 Å². The highest BCUT2D eigenvalue weighted by molar-refractivity contribution is 6.02. The number of hydrogen-bond acceptors (Lipinski definition) is 2. The van der Waals surface area contributed by atoms with E-state index in [1.807, 2.05) is 31.2 Å². The van der Waals surface area contributed by atoms with Crippen molar-refractivity contribution < 1.29 is 9.90 Å². The van der Waals surface area contributed by atoms with Gasteiger partial charge in [0.15, 0.2) is 0 Å². The Morgan fingerprint density at radius 1 is 1.43 bits per heavy atom. The third-order valence-corrected chi connectivity index (χ3v) is 2.39. The van der Waals surface area contributed by atoms with Gasteiger partial charge in [-0.15, -0.1) is 0 Å². The average molecular weight is 189 g/mol. The van der Waals surface area contributed by atoms with Crippen molar-refractivity contribution in [1.82, 2.24) is 4.98 Å². The molecule has 0 saturated heterocycles. The number of H-pyrrole nitrogens is 1. The number of aryl methyl sites for hydroxylation is 1. The zero-order chi connectivity index (χ0) is 10.1. The normalized spacial score (nSPS) is 10.7. The summed E-state index contributed by atoms with van der Waals surface area (Å²) in [6, 6.07) is 7.70. The summed E-state index contributed by atoms with van der Waals surface area (Å²) in [5, 5.41) is 9.80. The van der Waals surface area contributed by atoms with Gasteiger partial charge in [-0.3, -0.25) is 4.79 Å². The van der Waals surface area contributed by atoms with Crippen molar-refractivity contribution in [2.24, 2.45) is 0 Å². The number of nitrogens with one attached hydrogen (secondary N) is 1. The lowest BCUT2D eigenvalue weighted by Crippen LogP contribution is -2.05. The Labute approximate surface area is 81.4 Å². The van der Waals surface area contributed by atoms with Gasteiger partial charge in [-0.25, -0.2) is 0 Å². The third-order valence-electron chi connectivity index (χ3n) is 2.39. The maximum Gasteiger partial charge on any atom is 0.204 e. The molecule has 0 amide bonds. The summed E-state index contributed by atoms with van der Waals surface area (Å²) in [6.07, 6.45) is 0. The predicted octanol–water partition coefficient (Wildman–Crippen LogP) is 1.65. The molecule has 1 heterocycles. The van der Waals surface area contributed by atoms with E-state index in [1.54, 1.807) is 0 Å². The van der Waals surface area contributed by atoms with E-state index in [-0.39, 0.29) is 5.78 Å².